The molecule has 0 bridgehead atoms. The van der Waals surface area contributed by atoms with Gasteiger partial charge in [-0.1, -0.05) is 0 Å². The average molecular weight is 146 g/mol. The molecular weight excluding hydrogens is 139 g/mol. The van der Waals surface area contributed by atoms with Gasteiger partial charge >= 0.3 is 18.9 Å². The van der Waals surface area contributed by atoms with Crippen LogP contribution in [0.25, 0.3) is 0 Å². The van der Waals surface area contributed by atoms with E-state index in [9.17, 15) is 9.90 Å². The summed E-state index contributed by atoms with van der Waals surface area (Å²) in [5.41, 5.74) is 0.927. The zero-order chi connectivity index (χ0) is 7.56. The Labute approximate surface area is 76.6 Å². The van der Waals surface area contributed by atoms with Crippen molar-refractivity contribution in [1.29, 1.82) is 0 Å². The van der Waals surface area contributed by atoms with Crippen LogP contribution in [0.2, 0.25) is 0 Å². The second-order valence-electron chi connectivity index (χ2n) is 2.14. The van der Waals surface area contributed by atoms with E-state index in [1.54, 1.807) is 6.07 Å². The van der Waals surface area contributed by atoms with Gasteiger partial charge in [-0.25, -0.2) is 0 Å². The van der Waals surface area contributed by atoms with Crippen LogP contribution < -0.4 is 24.0 Å². The largest absolute Gasteiger partial charge is 1.00 e. The molecule has 0 unspecified atom stereocenters. The van der Waals surface area contributed by atoms with E-state index >= 15 is 0 Å². The van der Waals surface area contributed by atoms with Crippen LogP contribution in [0, 0.1) is 6.92 Å². The van der Waals surface area contributed by atoms with Gasteiger partial charge in [0.2, 0.25) is 0 Å². The number of carboxylic acids is 1. The number of hydrogen-bond donors (Lipinski definition) is 0. The predicted octanol–water partition coefficient (Wildman–Crippen LogP) is -3.12. The first-order valence-corrected chi connectivity index (χ1v) is 2.92. The Morgan fingerprint density at radius 2 is 2.36 bits per heavy atom. The average Bonchev–Trinajstić information content (AvgIpc) is 2.13. The molecule has 0 atom stereocenters. The van der Waals surface area contributed by atoms with Crippen molar-refractivity contribution in [2.75, 3.05) is 0 Å². The molecule has 0 saturated heterocycles. The third-order valence-electron chi connectivity index (χ3n) is 1.10. The number of aryl methyl sites for hydroxylation is 1. The second-order valence-corrected chi connectivity index (χ2v) is 2.14. The molecule has 0 aliphatic rings. The summed E-state index contributed by atoms with van der Waals surface area (Å²) in [5.74, 6) is -0.674. The van der Waals surface area contributed by atoms with Crippen molar-refractivity contribution in [3.8, 4) is 0 Å². The van der Waals surface area contributed by atoms with E-state index in [-0.39, 0.29) is 25.3 Å². The minimum atomic E-state index is -1.12. The number of aliphatic carboxylic acids is 1. The zero-order valence-electron chi connectivity index (χ0n) is 6.59. The van der Waals surface area contributed by atoms with Crippen LogP contribution in [0.4, 0.5) is 0 Å². The Morgan fingerprint density at radius 1 is 1.73 bits per heavy atom. The zero-order valence-corrected chi connectivity index (χ0v) is 6.59. The van der Waals surface area contributed by atoms with Crippen LogP contribution in [0.5, 0.6) is 0 Å². The summed E-state index contributed by atoms with van der Waals surface area (Å²) in [4.78, 5) is 10.0. The van der Waals surface area contributed by atoms with Crippen molar-refractivity contribution in [2.24, 2.45) is 0 Å². The van der Waals surface area contributed by atoms with E-state index in [2.05, 4.69) is 0 Å². The molecule has 0 fully saturated rings. The molecule has 0 aromatic carbocycles. The normalized spacial score (nSPS) is 8.82. The van der Waals surface area contributed by atoms with E-state index in [1.807, 2.05) is 6.92 Å². The van der Waals surface area contributed by atoms with E-state index in [4.69, 9.17) is 4.42 Å². The van der Waals surface area contributed by atoms with E-state index in [0.29, 0.717) is 5.76 Å². The number of hydrogen-bond acceptors (Lipinski definition) is 3. The Kier molecular flexibility index (Phi) is 4.02. The molecule has 54 valence electrons. The van der Waals surface area contributed by atoms with Crippen molar-refractivity contribution in [2.45, 2.75) is 13.3 Å². The molecule has 0 N–H and O–H groups in total. The number of carboxylic acid groups (broad SMARTS) is 1. The summed E-state index contributed by atoms with van der Waals surface area (Å²) < 4.78 is 4.85. The topological polar surface area (TPSA) is 53.3 Å². The summed E-state index contributed by atoms with van der Waals surface area (Å²) in [6.45, 7) is 1.84. The summed E-state index contributed by atoms with van der Waals surface area (Å²) in [6, 6.07) is 1.68. The maximum atomic E-state index is 10.0. The van der Waals surface area contributed by atoms with Gasteiger partial charge in [-0.2, -0.15) is 0 Å². The van der Waals surface area contributed by atoms with Gasteiger partial charge in [0.15, 0.2) is 0 Å². The van der Waals surface area contributed by atoms with Gasteiger partial charge in [0.1, 0.15) is 5.76 Å². The van der Waals surface area contributed by atoms with Gasteiger partial charge in [-0.15, -0.1) is 0 Å². The van der Waals surface area contributed by atoms with Crippen LogP contribution in [0.15, 0.2) is 16.7 Å². The molecule has 1 heterocycles. The monoisotopic (exact) mass is 146 g/mol. The summed E-state index contributed by atoms with van der Waals surface area (Å²) in [6.07, 6.45) is 1.37. The third-order valence-corrected chi connectivity index (χ3v) is 1.10. The van der Waals surface area contributed by atoms with Crippen molar-refractivity contribution < 1.29 is 33.2 Å². The van der Waals surface area contributed by atoms with Crippen molar-refractivity contribution in [1.82, 2.24) is 0 Å². The summed E-state index contributed by atoms with van der Waals surface area (Å²) in [7, 11) is 0. The SMILES string of the molecule is Cc1coc(CC(=O)[O-])c1.[Li+]. The smallest absolute Gasteiger partial charge is 0.550 e. The van der Waals surface area contributed by atoms with Crippen LogP contribution in [-0.4, -0.2) is 5.97 Å². The Hall–Kier alpha value is -0.653. The van der Waals surface area contributed by atoms with Gasteiger partial charge in [0.25, 0.3) is 0 Å². The molecule has 0 radical (unpaired) electrons. The molecule has 11 heavy (non-hydrogen) atoms. The van der Waals surface area contributed by atoms with Gasteiger partial charge in [0, 0.05) is 12.4 Å². The molecular formula is C7H7LiO3. The molecule has 1 rings (SSSR count). The minimum Gasteiger partial charge on any atom is -0.550 e. The molecule has 0 saturated carbocycles. The maximum Gasteiger partial charge on any atom is 1.00 e. The van der Waals surface area contributed by atoms with Crippen molar-refractivity contribution >= 4 is 5.97 Å². The van der Waals surface area contributed by atoms with Crippen LogP contribution in [0.1, 0.15) is 11.3 Å². The molecule has 4 heteroatoms. The van der Waals surface area contributed by atoms with Gasteiger partial charge in [-0.05, 0) is 18.6 Å². The first-order valence-electron chi connectivity index (χ1n) is 2.92. The van der Waals surface area contributed by atoms with Gasteiger partial charge < -0.3 is 14.3 Å². The second kappa shape index (κ2) is 4.27. The molecule has 3 nitrogen and oxygen atoms in total. The Bertz CT molecular complexity index is 242. The molecule has 1 aromatic heterocycles. The number of furan rings is 1. The van der Waals surface area contributed by atoms with E-state index < -0.39 is 5.97 Å². The first-order chi connectivity index (χ1) is 4.68. The maximum absolute atomic E-state index is 10.0. The number of rotatable bonds is 2. The number of carbonyl (C=O) groups is 1. The quantitative estimate of drug-likeness (QED) is 0.415. The van der Waals surface area contributed by atoms with Crippen molar-refractivity contribution in [3.63, 3.8) is 0 Å². The number of carbonyl (C=O) groups excluding carboxylic acids is 1. The Morgan fingerprint density at radius 3 is 2.73 bits per heavy atom. The van der Waals surface area contributed by atoms with E-state index in [0.717, 1.165) is 5.56 Å². The fraction of sp³-hybridized carbons (Fsp3) is 0.286. The fourth-order valence-electron chi connectivity index (χ4n) is 0.726. The molecule has 0 aliphatic heterocycles. The summed E-state index contributed by atoms with van der Waals surface area (Å²) >= 11 is 0. The Balaban J connectivity index is 0.000001000. The minimum absolute atomic E-state index is 0. The first kappa shape index (κ1) is 10.3. The summed E-state index contributed by atoms with van der Waals surface area (Å²) in [5, 5.41) is 10.0. The van der Waals surface area contributed by atoms with Crippen LogP contribution in [-0.2, 0) is 11.2 Å². The molecule has 0 spiro atoms. The molecule has 0 amide bonds. The predicted molar refractivity (Wildman–Crippen MR) is 32.2 cm³/mol. The third kappa shape index (κ3) is 3.31. The fourth-order valence-corrected chi connectivity index (χ4v) is 0.726. The van der Waals surface area contributed by atoms with Gasteiger partial charge in [0.05, 0.1) is 6.26 Å². The molecule has 1 aromatic rings. The van der Waals surface area contributed by atoms with Crippen LogP contribution in [0.3, 0.4) is 0 Å². The van der Waals surface area contributed by atoms with Gasteiger partial charge in [-0.3, -0.25) is 0 Å². The van der Waals surface area contributed by atoms with Crippen molar-refractivity contribution in [3.05, 3.63) is 23.7 Å². The standard InChI is InChI=1S/C7H8O3.Li/c1-5-2-6(10-4-5)3-7(8)9;/h2,4H,3H2,1H3,(H,8,9);/q;+1/p-1. The molecule has 0 aliphatic carbocycles. The van der Waals surface area contributed by atoms with Crippen LogP contribution >= 0.6 is 0 Å². The van der Waals surface area contributed by atoms with E-state index in [1.165, 1.54) is 6.26 Å².